The quantitative estimate of drug-likeness (QED) is 0.694. The van der Waals surface area contributed by atoms with Crippen molar-refractivity contribution in [1.82, 2.24) is 5.32 Å². The van der Waals surface area contributed by atoms with Gasteiger partial charge in [-0.25, -0.2) is 8.42 Å². The van der Waals surface area contributed by atoms with Crippen LogP contribution in [0, 0.1) is 5.92 Å². The Kier molecular flexibility index (Phi) is 6.69. The number of sulfone groups is 1. The first kappa shape index (κ1) is 21.0. The van der Waals surface area contributed by atoms with Crippen LogP contribution in [0.2, 0.25) is 0 Å². The molecule has 7 heteroatoms. The fraction of sp³-hybridized carbons (Fsp3) is 0.364. The lowest BCUT2D eigenvalue weighted by atomic mass is 9.84. The largest absolute Gasteiger partial charge is 0.344 e. The zero-order chi connectivity index (χ0) is 20.9. The fourth-order valence-corrected chi connectivity index (χ4v) is 4.68. The molecule has 0 spiro atoms. The van der Waals surface area contributed by atoms with E-state index in [0.29, 0.717) is 11.3 Å². The topological polar surface area (TPSA) is 92.3 Å². The van der Waals surface area contributed by atoms with Gasteiger partial charge in [-0.1, -0.05) is 48.9 Å². The third-order valence-electron chi connectivity index (χ3n) is 5.04. The Bertz CT molecular complexity index is 969. The van der Waals surface area contributed by atoms with Crippen molar-refractivity contribution in [2.75, 3.05) is 5.32 Å². The summed E-state index contributed by atoms with van der Waals surface area (Å²) in [6.07, 6.45) is 2.80. The van der Waals surface area contributed by atoms with Crippen LogP contribution in [0.4, 0.5) is 5.69 Å². The third kappa shape index (κ3) is 6.15. The SMILES string of the molecule is CC(NC(=O)C1CCC1)C(=O)Nc1cccc(CS(=O)(=O)Cc2ccccc2)c1. The summed E-state index contributed by atoms with van der Waals surface area (Å²) in [5.41, 5.74) is 1.85. The van der Waals surface area contributed by atoms with E-state index in [9.17, 15) is 18.0 Å². The van der Waals surface area contributed by atoms with Crippen LogP contribution in [0.15, 0.2) is 54.6 Å². The molecule has 2 aromatic rings. The standard InChI is InChI=1S/C22H26N2O4S/c1-16(23-22(26)19-10-6-11-19)21(25)24-20-12-5-9-18(13-20)15-29(27,28)14-17-7-3-2-4-8-17/h2-5,7-9,12-13,16,19H,6,10-11,14-15H2,1H3,(H,23,26)(H,24,25). The van der Waals surface area contributed by atoms with Crippen molar-refractivity contribution in [2.24, 2.45) is 5.92 Å². The van der Waals surface area contributed by atoms with E-state index in [4.69, 9.17) is 0 Å². The van der Waals surface area contributed by atoms with Gasteiger partial charge in [0.25, 0.3) is 0 Å². The average Bonchev–Trinajstić information content (AvgIpc) is 2.60. The summed E-state index contributed by atoms with van der Waals surface area (Å²) < 4.78 is 25.0. The molecule has 0 aliphatic heterocycles. The van der Waals surface area contributed by atoms with Crippen molar-refractivity contribution in [3.05, 3.63) is 65.7 Å². The predicted octanol–water partition coefficient (Wildman–Crippen LogP) is 3.04. The van der Waals surface area contributed by atoms with E-state index >= 15 is 0 Å². The van der Waals surface area contributed by atoms with Crippen molar-refractivity contribution in [3.8, 4) is 0 Å². The first-order chi connectivity index (χ1) is 13.8. The Morgan fingerprint density at radius 3 is 2.31 bits per heavy atom. The van der Waals surface area contributed by atoms with Gasteiger partial charge in [-0.2, -0.15) is 0 Å². The minimum Gasteiger partial charge on any atom is -0.344 e. The molecule has 1 aliphatic rings. The van der Waals surface area contributed by atoms with Gasteiger partial charge in [-0.05, 0) is 43.0 Å². The number of nitrogens with one attached hydrogen (secondary N) is 2. The zero-order valence-electron chi connectivity index (χ0n) is 16.4. The molecule has 1 fully saturated rings. The van der Waals surface area contributed by atoms with Crippen LogP contribution in [-0.4, -0.2) is 26.3 Å². The lowest BCUT2D eigenvalue weighted by Gasteiger charge is -2.25. The Labute approximate surface area is 171 Å². The summed E-state index contributed by atoms with van der Waals surface area (Å²) in [4.78, 5) is 24.4. The molecule has 0 saturated heterocycles. The summed E-state index contributed by atoms with van der Waals surface area (Å²) in [6, 6.07) is 15.2. The highest BCUT2D eigenvalue weighted by Gasteiger charge is 2.27. The number of carbonyl (C=O) groups is 2. The first-order valence-electron chi connectivity index (χ1n) is 9.77. The van der Waals surface area contributed by atoms with Gasteiger partial charge >= 0.3 is 0 Å². The van der Waals surface area contributed by atoms with E-state index < -0.39 is 15.9 Å². The van der Waals surface area contributed by atoms with E-state index in [2.05, 4.69) is 10.6 Å². The van der Waals surface area contributed by atoms with Gasteiger partial charge in [0, 0.05) is 11.6 Å². The van der Waals surface area contributed by atoms with Gasteiger partial charge in [-0.15, -0.1) is 0 Å². The van der Waals surface area contributed by atoms with Crippen molar-refractivity contribution in [3.63, 3.8) is 0 Å². The molecule has 0 bridgehead atoms. The van der Waals surface area contributed by atoms with Crippen LogP contribution in [0.5, 0.6) is 0 Å². The summed E-state index contributed by atoms with van der Waals surface area (Å²) >= 11 is 0. The van der Waals surface area contributed by atoms with Crippen LogP contribution in [0.25, 0.3) is 0 Å². The average molecular weight is 415 g/mol. The Balaban J connectivity index is 1.58. The Morgan fingerprint density at radius 2 is 1.66 bits per heavy atom. The Hall–Kier alpha value is -2.67. The summed E-state index contributed by atoms with van der Waals surface area (Å²) in [5, 5.41) is 5.48. The molecular weight excluding hydrogens is 388 g/mol. The monoisotopic (exact) mass is 414 g/mol. The van der Waals surface area contributed by atoms with Crippen LogP contribution in [0.1, 0.15) is 37.3 Å². The molecule has 1 saturated carbocycles. The molecule has 0 radical (unpaired) electrons. The van der Waals surface area contributed by atoms with E-state index in [1.54, 1.807) is 43.3 Å². The third-order valence-corrected chi connectivity index (χ3v) is 6.58. The number of rotatable bonds is 8. The van der Waals surface area contributed by atoms with Crippen molar-refractivity contribution in [2.45, 2.75) is 43.7 Å². The molecule has 6 nitrogen and oxygen atoms in total. The van der Waals surface area contributed by atoms with E-state index in [1.807, 2.05) is 18.2 Å². The molecule has 3 rings (SSSR count). The van der Waals surface area contributed by atoms with Gasteiger partial charge in [0.15, 0.2) is 9.84 Å². The smallest absolute Gasteiger partial charge is 0.246 e. The highest BCUT2D eigenvalue weighted by atomic mass is 32.2. The highest BCUT2D eigenvalue weighted by Crippen LogP contribution is 2.26. The molecule has 2 N–H and O–H groups in total. The summed E-state index contributed by atoms with van der Waals surface area (Å²) in [6.45, 7) is 1.64. The number of anilines is 1. The minimum absolute atomic E-state index is 0.0170. The maximum atomic E-state index is 12.5. The van der Waals surface area contributed by atoms with Crippen molar-refractivity contribution in [1.29, 1.82) is 0 Å². The molecule has 2 amide bonds. The van der Waals surface area contributed by atoms with Crippen molar-refractivity contribution < 1.29 is 18.0 Å². The van der Waals surface area contributed by atoms with Gasteiger partial charge in [0.2, 0.25) is 11.8 Å². The van der Waals surface area contributed by atoms with Crippen LogP contribution < -0.4 is 10.6 Å². The molecule has 29 heavy (non-hydrogen) atoms. The van der Waals surface area contributed by atoms with Crippen LogP contribution in [0.3, 0.4) is 0 Å². The maximum absolute atomic E-state index is 12.5. The van der Waals surface area contributed by atoms with Crippen LogP contribution in [-0.2, 0) is 30.9 Å². The number of carbonyl (C=O) groups excluding carboxylic acids is 2. The number of hydrogen-bond acceptors (Lipinski definition) is 4. The fourth-order valence-electron chi connectivity index (χ4n) is 3.19. The van der Waals surface area contributed by atoms with Crippen molar-refractivity contribution >= 4 is 27.3 Å². The minimum atomic E-state index is -3.34. The van der Waals surface area contributed by atoms with Gasteiger partial charge in [0.05, 0.1) is 11.5 Å². The van der Waals surface area contributed by atoms with E-state index in [0.717, 1.165) is 24.8 Å². The molecular formula is C22H26N2O4S. The molecule has 2 aromatic carbocycles. The molecule has 0 aromatic heterocycles. The summed E-state index contributed by atoms with van der Waals surface area (Å²) in [7, 11) is -3.34. The predicted molar refractivity (Wildman–Crippen MR) is 113 cm³/mol. The molecule has 1 atom stereocenters. The first-order valence-corrected chi connectivity index (χ1v) is 11.6. The number of hydrogen-bond donors (Lipinski definition) is 2. The van der Waals surface area contributed by atoms with E-state index in [-0.39, 0.29) is 29.2 Å². The summed E-state index contributed by atoms with van der Waals surface area (Å²) in [5.74, 6) is -0.543. The van der Waals surface area contributed by atoms with Gasteiger partial charge in [0.1, 0.15) is 6.04 Å². The normalized spacial score (nSPS) is 15.2. The van der Waals surface area contributed by atoms with E-state index in [1.165, 1.54) is 0 Å². The lowest BCUT2D eigenvalue weighted by Crippen LogP contribution is -2.45. The lowest BCUT2D eigenvalue weighted by molar-refractivity contribution is -0.130. The van der Waals surface area contributed by atoms with Gasteiger partial charge < -0.3 is 10.6 Å². The number of benzene rings is 2. The molecule has 1 unspecified atom stereocenters. The second-order valence-corrected chi connectivity index (χ2v) is 9.63. The molecule has 0 heterocycles. The maximum Gasteiger partial charge on any atom is 0.246 e. The molecule has 1 aliphatic carbocycles. The van der Waals surface area contributed by atoms with Gasteiger partial charge in [-0.3, -0.25) is 9.59 Å². The highest BCUT2D eigenvalue weighted by molar-refractivity contribution is 7.89. The molecule has 154 valence electrons. The number of amides is 2. The second kappa shape index (κ2) is 9.22. The second-order valence-electron chi connectivity index (χ2n) is 7.57. The zero-order valence-corrected chi connectivity index (χ0v) is 17.2. The Morgan fingerprint density at radius 1 is 1.00 bits per heavy atom. The van der Waals surface area contributed by atoms with Crippen LogP contribution >= 0.6 is 0 Å².